The van der Waals surface area contributed by atoms with Crippen LogP contribution in [0.4, 0.5) is 0 Å². The maximum Gasteiger partial charge on any atom is 0.248 e. The zero-order valence-corrected chi connectivity index (χ0v) is 19.8. The number of benzene rings is 1. The number of aromatic nitrogens is 1. The topological polar surface area (TPSA) is 95.8 Å². The molecule has 32 heavy (non-hydrogen) atoms. The highest BCUT2D eigenvalue weighted by Gasteiger charge is 2.37. The molecule has 2 aromatic rings. The third-order valence-corrected chi connectivity index (χ3v) is 8.83. The zero-order chi connectivity index (χ0) is 22.9. The van der Waals surface area contributed by atoms with Gasteiger partial charge in [-0.2, -0.15) is 4.31 Å². The Kier molecular flexibility index (Phi) is 6.69. The molecule has 3 atom stereocenters. The van der Waals surface area contributed by atoms with E-state index in [9.17, 15) is 13.2 Å². The van der Waals surface area contributed by atoms with Crippen molar-refractivity contribution in [2.24, 2.45) is 5.92 Å². The fourth-order valence-electron chi connectivity index (χ4n) is 4.87. The molecule has 0 aliphatic carbocycles. The molecule has 2 fully saturated rings. The quantitative estimate of drug-likeness (QED) is 0.712. The largest absolute Gasteiger partial charge is 0.360 e. The van der Waals surface area contributed by atoms with E-state index in [0.29, 0.717) is 31.1 Å². The van der Waals surface area contributed by atoms with Gasteiger partial charge in [-0.05, 0) is 45.6 Å². The molecule has 1 aromatic carbocycles. The second-order valence-corrected chi connectivity index (χ2v) is 10.8. The highest BCUT2D eigenvalue weighted by Crippen LogP contribution is 2.29. The van der Waals surface area contributed by atoms with Gasteiger partial charge in [0.1, 0.15) is 10.6 Å². The Labute approximate surface area is 190 Å². The summed E-state index contributed by atoms with van der Waals surface area (Å²) in [7, 11) is -3.74. The lowest BCUT2D eigenvalue weighted by Crippen LogP contribution is -2.48. The highest BCUT2D eigenvalue weighted by molar-refractivity contribution is 7.89. The predicted molar refractivity (Wildman–Crippen MR) is 120 cm³/mol. The lowest BCUT2D eigenvalue weighted by Gasteiger charge is -2.31. The minimum absolute atomic E-state index is 0.0529. The van der Waals surface area contributed by atoms with Crippen molar-refractivity contribution in [3.05, 3.63) is 47.3 Å². The van der Waals surface area contributed by atoms with Gasteiger partial charge in [-0.25, -0.2) is 8.42 Å². The van der Waals surface area contributed by atoms with E-state index in [4.69, 9.17) is 4.52 Å². The summed E-state index contributed by atoms with van der Waals surface area (Å²) >= 11 is 0. The summed E-state index contributed by atoms with van der Waals surface area (Å²) in [4.78, 5) is 15.5. The smallest absolute Gasteiger partial charge is 0.248 e. The first-order valence-corrected chi connectivity index (χ1v) is 12.7. The molecule has 1 amide bonds. The summed E-state index contributed by atoms with van der Waals surface area (Å²) in [6, 6.07) is 10.8. The second kappa shape index (κ2) is 9.33. The van der Waals surface area contributed by atoms with Crippen molar-refractivity contribution in [3.63, 3.8) is 0 Å². The van der Waals surface area contributed by atoms with Crippen LogP contribution in [0, 0.1) is 19.8 Å². The third kappa shape index (κ3) is 4.60. The van der Waals surface area contributed by atoms with Crippen molar-refractivity contribution < 1.29 is 17.7 Å². The number of carbonyl (C=O) groups excluding carboxylic acids is 1. The van der Waals surface area contributed by atoms with E-state index in [0.717, 1.165) is 19.5 Å². The minimum atomic E-state index is -3.74. The number of amides is 1. The van der Waals surface area contributed by atoms with E-state index in [2.05, 4.69) is 34.4 Å². The van der Waals surface area contributed by atoms with Crippen LogP contribution < -0.4 is 5.32 Å². The average molecular weight is 461 g/mol. The Morgan fingerprint density at radius 3 is 2.59 bits per heavy atom. The number of nitrogens with zero attached hydrogens (tertiary/aromatic N) is 3. The molecule has 0 radical (unpaired) electrons. The van der Waals surface area contributed by atoms with E-state index in [1.807, 2.05) is 18.2 Å². The maximum atomic E-state index is 13.1. The molecule has 0 spiro atoms. The fraction of sp³-hybridized carbons (Fsp3) is 0.565. The number of aryl methyl sites for hydroxylation is 2. The van der Waals surface area contributed by atoms with Gasteiger partial charge in [0.2, 0.25) is 15.9 Å². The van der Waals surface area contributed by atoms with Gasteiger partial charge in [-0.15, -0.1) is 0 Å². The monoisotopic (exact) mass is 460 g/mol. The summed E-state index contributed by atoms with van der Waals surface area (Å²) in [5, 5.41) is 6.96. The molecule has 0 unspecified atom stereocenters. The fourth-order valence-corrected chi connectivity index (χ4v) is 6.68. The summed E-state index contributed by atoms with van der Waals surface area (Å²) < 4.78 is 32.8. The van der Waals surface area contributed by atoms with E-state index >= 15 is 0 Å². The Morgan fingerprint density at radius 1 is 1.16 bits per heavy atom. The summed E-state index contributed by atoms with van der Waals surface area (Å²) in [6.45, 7) is 7.74. The van der Waals surface area contributed by atoms with Crippen LogP contribution in [0.1, 0.15) is 49.2 Å². The number of likely N-dealkylation sites (tertiary alicyclic amines) is 1. The number of piperidine rings is 1. The van der Waals surface area contributed by atoms with E-state index in [1.165, 1.54) is 9.87 Å². The number of nitrogens with one attached hydrogen (secondary N) is 1. The van der Waals surface area contributed by atoms with Gasteiger partial charge in [-0.3, -0.25) is 9.69 Å². The Bertz CT molecular complexity index is 1030. The number of carbonyl (C=O) groups is 1. The van der Waals surface area contributed by atoms with Crippen molar-refractivity contribution in [1.82, 2.24) is 19.7 Å². The molecule has 2 saturated heterocycles. The molecule has 2 aliphatic rings. The van der Waals surface area contributed by atoms with Gasteiger partial charge >= 0.3 is 0 Å². The average Bonchev–Trinajstić information content (AvgIpc) is 3.40. The van der Waals surface area contributed by atoms with E-state index < -0.39 is 10.0 Å². The van der Waals surface area contributed by atoms with Gasteiger partial charge in [-0.1, -0.05) is 35.5 Å². The van der Waals surface area contributed by atoms with Gasteiger partial charge < -0.3 is 9.84 Å². The first-order chi connectivity index (χ1) is 15.3. The highest BCUT2D eigenvalue weighted by atomic mass is 32.2. The molecule has 3 heterocycles. The van der Waals surface area contributed by atoms with E-state index in [1.54, 1.807) is 13.8 Å². The predicted octanol–water partition coefficient (Wildman–Crippen LogP) is 2.64. The molecule has 0 bridgehead atoms. The van der Waals surface area contributed by atoms with Crippen LogP contribution in [-0.4, -0.2) is 60.9 Å². The first kappa shape index (κ1) is 22.9. The lowest BCUT2D eigenvalue weighted by atomic mass is 9.98. The molecule has 2 aliphatic heterocycles. The number of sulfonamides is 1. The van der Waals surface area contributed by atoms with Crippen molar-refractivity contribution in [3.8, 4) is 0 Å². The number of hydrogen-bond donors (Lipinski definition) is 1. The third-order valence-electron chi connectivity index (χ3n) is 6.72. The Morgan fingerprint density at radius 2 is 1.91 bits per heavy atom. The van der Waals surface area contributed by atoms with E-state index in [-0.39, 0.29) is 35.1 Å². The van der Waals surface area contributed by atoms with Gasteiger partial charge in [0, 0.05) is 38.3 Å². The molecule has 1 N–H and O–H groups in total. The van der Waals surface area contributed by atoms with Crippen LogP contribution in [-0.2, 0) is 14.8 Å². The summed E-state index contributed by atoms with van der Waals surface area (Å²) in [5.74, 6) is -0.116. The standard InChI is InChI=1S/C23H32N4O4S/c1-16-22(18(3)31-25-16)32(29,30)27-12-7-10-20(14-27)23(28)24-21-11-13-26(15-21)17(2)19-8-5-4-6-9-19/h4-6,8-9,17,20-21H,7,10-15H2,1-3H3,(H,24,28)/t17-,20-,21-/m0/s1. The van der Waals surface area contributed by atoms with Crippen LogP contribution in [0.5, 0.6) is 0 Å². The zero-order valence-electron chi connectivity index (χ0n) is 19.0. The molecule has 4 rings (SSSR count). The van der Waals surface area contributed by atoms with Crippen LogP contribution in [0.15, 0.2) is 39.8 Å². The van der Waals surface area contributed by atoms with Crippen LogP contribution in [0.3, 0.4) is 0 Å². The molecule has 9 heteroatoms. The van der Waals surface area contributed by atoms with Crippen LogP contribution >= 0.6 is 0 Å². The number of rotatable bonds is 6. The van der Waals surface area contributed by atoms with Gasteiger partial charge in [0.05, 0.1) is 5.92 Å². The van der Waals surface area contributed by atoms with Crippen LogP contribution in [0.2, 0.25) is 0 Å². The second-order valence-electron chi connectivity index (χ2n) is 8.93. The lowest BCUT2D eigenvalue weighted by molar-refractivity contribution is -0.126. The van der Waals surface area contributed by atoms with Crippen LogP contribution in [0.25, 0.3) is 0 Å². The van der Waals surface area contributed by atoms with Gasteiger partial charge in [0.15, 0.2) is 5.76 Å². The summed E-state index contributed by atoms with van der Waals surface area (Å²) in [6.07, 6.45) is 2.25. The van der Waals surface area contributed by atoms with Crippen molar-refractivity contribution in [2.75, 3.05) is 26.2 Å². The SMILES string of the molecule is Cc1noc(C)c1S(=O)(=O)N1CCC[C@H](C(=O)N[C@H]2CCN([C@@H](C)c3ccccc3)C2)C1. The molecule has 174 valence electrons. The molecular formula is C23H32N4O4S. The van der Waals surface area contributed by atoms with Gasteiger partial charge in [0.25, 0.3) is 0 Å². The summed E-state index contributed by atoms with van der Waals surface area (Å²) in [5.41, 5.74) is 1.62. The van der Waals surface area contributed by atoms with Crippen molar-refractivity contribution >= 4 is 15.9 Å². The number of hydrogen-bond acceptors (Lipinski definition) is 6. The molecular weight excluding hydrogens is 428 g/mol. The maximum absolute atomic E-state index is 13.1. The molecule has 0 saturated carbocycles. The molecule has 8 nitrogen and oxygen atoms in total. The minimum Gasteiger partial charge on any atom is -0.360 e. The van der Waals surface area contributed by atoms with Crippen molar-refractivity contribution in [2.45, 2.75) is 57.0 Å². The first-order valence-electron chi connectivity index (χ1n) is 11.3. The normalized spacial score (nSPS) is 23.8. The van der Waals surface area contributed by atoms with Crippen molar-refractivity contribution in [1.29, 1.82) is 0 Å². The Hall–Kier alpha value is -2.23. The Balaban J connectivity index is 1.36. The molecule has 1 aromatic heterocycles.